The first-order valence-corrected chi connectivity index (χ1v) is 5.54. The molecule has 0 radical (unpaired) electrons. The van der Waals surface area contributed by atoms with Crippen LogP contribution in [0.4, 0.5) is 0 Å². The lowest BCUT2D eigenvalue weighted by atomic mass is 10.1. The van der Waals surface area contributed by atoms with Crippen LogP contribution in [0.2, 0.25) is 0 Å². The molecular formula is C11H13N3O2. The molecule has 0 spiro atoms. The average molecular weight is 219 g/mol. The summed E-state index contributed by atoms with van der Waals surface area (Å²) in [4.78, 5) is 4.34. The fourth-order valence-corrected chi connectivity index (χ4v) is 1.95. The summed E-state index contributed by atoms with van der Waals surface area (Å²) in [7, 11) is 0. The largest absolute Gasteiger partial charge is 0.461 e. The Morgan fingerprint density at radius 1 is 1.38 bits per heavy atom. The summed E-state index contributed by atoms with van der Waals surface area (Å²) in [6.45, 7) is 1.02. The third-order valence-electron chi connectivity index (χ3n) is 2.79. The Hall–Kier alpha value is -1.62. The molecule has 5 heteroatoms. The van der Waals surface area contributed by atoms with E-state index in [1.165, 1.54) is 12.8 Å². The summed E-state index contributed by atoms with van der Waals surface area (Å²) < 4.78 is 10.5. The molecule has 1 saturated heterocycles. The van der Waals surface area contributed by atoms with Crippen molar-refractivity contribution in [1.29, 1.82) is 0 Å². The van der Waals surface area contributed by atoms with Gasteiger partial charge in [-0.25, -0.2) is 0 Å². The molecule has 1 fully saturated rings. The Balaban J connectivity index is 1.82. The number of piperidine rings is 1. The minimum atomic E-state index is 0.199. The SMILES string of the molecule is c1coc(-c2noc(C3CCCCN3)n2)c1. The van der Waals surface area contributed by atoms with Gasteiger partial charge in [-0.15, -0.1) is 0 Å². The first-order valence-electron chi connectivity index (χ1n) is 5.54. The molecule has 0 saturated carbocycles. The number of nitrogens with zero attached hydrogens (tertiary/aromatic N) is 2. The highest BCUT2D eigenvalue weighted by atomic mass is 16.5. The van der Waals surface area contributed by atoms with Crippen molar-refractivity contribution in [2.24, 2.45) is 0 Å². The predicted molar refractivity (Wildman–Crippen MR) is 56.6 cm³/mol. The van der Waals surface area contributed by atoms with E-state index in [0.29, 0.717) is 17.5 Å². The zero-order valence-corrected chi connectivity index (χ0v) is 8.85. The van der Waals surface area contributed by atoms with Gasteiger partial charge < -0.3 is 14.3 Å². The fraction of sp³-hybridized carbons (Fsp3) is 0.455. The molecule has 1 aliphatic rings. The van der Waals surface area contributed by atoms with Crippen LogP contribution in [0.3, 0.4) is 0 Å². The lowest BCUT2D eigenvalue weighted by Gasteiger charge is -2.19. The standard InChI is InChI=1S/C11H13N3O2/c1-2-6-12-8(4-1)11-13-10(14-16-11)9-5-3-7-15-9/h3,5,7-8,12H,1-2,4,6H2. The van der Waals surface area contributed by atoms with E-state index in [1.54, 1.807) is 6.26 Å². The van der Waals surface area contributed by atoms with Crippen LogP contribution in [0.1, 0.15) is 31.2 Å². The topological polar surface area (TPSA) is 64.1 Å². The van der Waals surface area contributed by atoms with Crippen LogP contribution >= 0.6 is 0 Å². The molecule has 0 amide bonds. The van der Waals surface area contributed by atoms with Gasteiger partial charge in [0, 0.05) is 0 Å². The van der Waals surface area contributed by atoms with Crippen molar-refractivity contribution in [1.82, 2.24) is 15.5 Å². The van der Waals surface area contributed by atoms with Crippen LogP contribution in [-0.2, 0) is 0 Å². The van der Waals surface area contributed by atoms with Gasteiger partial charge >= 0.3 is 0 Å². The van der Waals surface area contributed by atoms with Gasteiger partial charge in [0.05, 0.1) is 12.3 Å². The smallest absolute Gasteiger partial charge is 0.244 e. The molecule has 2 aromatic rings. The van der Waals surface area contributed by atoms with Crippen LogP contribution in [0, 0.1) is 0 Å². The van der Waals surface area contributed by atoms with E-state index in [1.807, 2.05) is 12.1 Å². The summed E-state index contributed by atoms with van der Waals surface area (Å²) >= 11 is 0. The van der Waals surface area contributed by atoms with Crippen molar-refractivity contribution in [3.8, 4) is 11.6 Å². The highest BCUT2D eigenvalue weighted by Gasteiger charge is 2.21. The van der Waals surface area contributed by atoms with Gasteiger partial charge in [0.25, 0.3) is 0 Å². The first-order chi connectivity index (χ1) is 7.93. The minimum Gasteiger partial charge on any atom is -0.461 e. The lowest BCUT2D eigenvalue weighted by Crippen LogP contribution is -2.26. The number of nitrogens with one attached hydrogen (secondary N) is 1. The molecule has 0 aliphatic carbocycles. The second-order valence-electron chi connectivity index (χ2n) is 3.94. The van der Waals surface area contributed by atoms with Gasteiger partial charge in [0.1, 0.15) is 0 Å². The van der Waals surface area contributed by atoms with Gasteiger partial charge in [-0.3, -0.25) is 0 Å². The molecule has 0 aromatic carbocycles. The average Bonchev–Trinajstić information content (AvgIpc) is 3.01. The van der Waals surface area contributed by atoms with E-state index in [9.17, 15) is 0 Å². The highest BCUT2D eigenvalue weighted by Crippen LogP contribution is 2.24. The molecule has 1 unspecified atom stereocenters. The fourth-order valence-electron chi connectivity index (χ4n) is 1.95. The number of hydrogen-bond acceptors (Lipinski definition) is 5. The normalized spacial score (nSPS) is 21.1. The van der Waals surface area contributed by atoms with Crippen LogP contribution in [0.15, 0.2) is 27.3 Å². The predicted octanol–water partition coefficient (Wildman–Crippen LogP) is 2.14. The number of hydrogen-bond donors (Lipinski definition) is 1. The molecule has 3 rings (SSSR count). The summed E-state index contributed by atoms with van der Waals surface area (Å²) in [6.07, 6.45) is 5.08. The Kier molecular flexibility index (Phi) is 2.46. The highest BCUT2D eigenvalue weighted by molar-refractivity contribution is 5.44. The molecule has 84 valence electrons. The van der Waals surface area contributed by atoms with Crippen molar-refractivity contribution in [2.75, 3.05) is 6.54 Å². The second-order valence-corrected chi connectivity index (χ2v) is 3.94. The lowest BCUT2D eigenvalue weighted by molar-refractivity contribution is 0.297. The van der Waals surface area contributed by atoms with Crippen molar-refractivity contribution in [3.63, 3.8) is 0 Å². The number of rotatable bonds is 2. The molecule has 2 aromatic heterocycles. The number of furan rings is 1. The molecule has 1 N–H and O–H groups in total. The zero-order valence-electron chi connectivity index (χ0n) is 8.85. The van der Waals surface area contributed by atoms with Crippen LogP contribution in [-0.4, -0.2) is 16.7 Å². The minimum absolute atomic E-state index is 0.199. The first kappa shape index (κ1) is 9.59. The van der Waals surface area contributed by atoms with E-state index in [-0.39, 0.29) is 6.04 Å². The van der Waals surface area contributed by atoms with Gasteiger partial charge in [0.2, 0.25) is 11.7 Å². The molecule has 3 heterocycles. The van der Waals surface area contributed by atoms with Gasteiger partial charge in [-0.2, -0.15) is 4.98 Å². The maximum atomic E-state index is 5.24. The van der Waals surface area contributed by atoms with Gasteiger partial charge in [0.15, 0.2) is 5.76 Å². The van der Waals surface area contributed by atoms with Crippen LogP contribution < -0.4 is 5.32 Å². The van der Waals surface area contributed by atoms with Crippen molar-refractivity contribution in [2.45, 2.75) is 25.3 Å². The van der Waals surface area contributed by atoms with E-state index in [4.69, 9.17) is 8.94 Å². The Labute approximate surface area is 92.8 Å². The molecule has 16 heavy (non-hydrogen) atoms. The summed E-state index contributed by atoms with van der Waals surface area (Å²) in [6, 6.07) is 3.83. The Morgan fingerprint density at radius 2 is 2.38 bits per heavy atom. The van der Waals surface area contributed by atoms with E-state index >= 15 is 0 Å². The quantitative estimate of drug-likeness (QED) is 0.838. The molecular weight excluding hydrogens is 206 g/mol. The Bertz CT molecular complexity index is 444. The maximum Gasteiger partial charge on any atom is 0.244 e. The van der Waals surface area contributed by atoms with E-state index in [2.05, 4.69) is 15.5 Å². The summed E-state index contributed by atoms with van der Waals surface area (Å²) in [5, 5.41) is 7.28. The maximum absolute atomic E-state index is 5.24. The third kappa shape index (κ3) is 1.74. The zero-order chi connectivity index (χ0) is 10.8. The Morgan fingerprint density at radius 3 is 3.12 bits per heavy atom. The van der Waals surface area contributed by atoms with Crippen molar-refractivity contribution >= 4 is 0 Å². The molecule has 0 bridgehead atoms. The van der Waals surface area contributed by atoms with Crippen molar-refractivity contribution < 1.29 is 8.94 Å². The van der Waals surface area contributed by atoms with Gasteiger partial charge in [-0.1, -0.05) is 11.6 Å². The number of aromatic nitrogens is 2. The molecule has 5 nitrogen and oxygen atoms in total. The van der Waals surface area contributed by atoms with Gasteiger partial charge in [-0.05, 0) is 31.5 Å². The second kappa shape index (κ2) is 4.09. The summed E-state index contributed by atoms with van der Waals surface area (Å²) in [5.41, 5.74) is 0. The molecule has 1 aliphatic heterocycles. The van der Waals surface area contributed by atoms with E-state index in [0.717, 1.165) is 13.0 Å². The van der Waals surface area contributed by atoms with E-state index < -0.39 is 0 Å². The van der Waals surface area contributed by atoms with Crippen LogP contribution in [0.5, 0.6) is 0 Å². The van der Waals surface area contributed by atoms with Crippen LogP contribution in [0.25, 0.3) is 11.6 Å². The summed E-state index contributed by atoms with van der Waals surface area (Å²) in [5.74, 6) is 1.82. The third-order valence-corrected chi connectivity index (χ3v) is 2.79. The van der Waals surface area contributed by atoms with Crippen molar-refractivity contribution in [3.05, 3.63) is 24.3 Å². The molecule has 1 atom stereocenters. The monoisotopic (exact) mass is 219 g/mol.